The van der Waals surface area contributed by atoms with Crippen LogP contribution in [0.1, 0.15) is 53.0 Å². The Hall–Kier alpha value is -2.49. The van der Waals surface area contributed by atoms with Crippen molar-refractivity contribution in [1.82, 2.24) is 5.32 Å². The number of hydrogen-bond donors (Lipinski definition) is 1. The molecule has 1 atom stereocenters. The van der Waals surface area contributed by atoms with E-state index < -0.39 is 5.82 Å². The third-order valence-corrected chi connectivity index (χ3v) is 3.62. The molecule has 0 aliphatic rings. The number of carbonyl (C=O) groups is 2. The zero-order valence-electron chi connectivity index (χ0n) is 13.3. The van der Waals surface area contributed by atoms with Gasteiger partial charge in [-0.2, -0.15) is 0 Å². The maximum atomic E-state index is 13.0. The van der Waals surface area contributed by atoms with E-state index in [1.165, 1.54) is 24.3 Å². The largest absolute Gasteiger partial charge is 0.350 e. The molecule has 2 aromatic rings. The average molecular weight is 313 g/mol. The molecule has 0 aromatic heterocycles. The maximum Gasteiger partial charge on any atom is 0.252 e. The van der Waals surface area contributed by atoms with Crippen molar-refractivity contribution in [2.75, 3.05) is 0 Å². The van der Waals surface area contributed by atoms with Crippen molar-refractivity contribution in [1.29, 1.82) is 0 Å². The van der Waals surface area contributed by atoms with Crippen molar-refractivity contribution in [3.05, 3.63) is 71.0 Å². The number of amides is 1. The lowest BCUT2D eigenvalue weighted by molar-refractivity contribution is 0.0928. The van der Waals surface area contributed by atoms with E-state index in [0.717, 1.165) is 12.8 Å². The van der Waals surface area contributed by atoms with Crippen LogP contribution in [-0.2, 0) is 0 Å². The Bertz CT molecular complexity index is 695. The Morgan fingerprint density at radius 3 is 2.26 bits per heavy atom. The fourth-order valence-corrected chi connectivity index (χ4v) is 2.44. The number of benzene rings is 2. The minimum atomic E-state index is -0.402. The highest BCUT2D eigenvalue weighted by Crippen LogP contribution is 2.16. The number of ketones is 1. The molecule has 2 rings (SSSR count). The summed E-state index contributed by atoms with van der Waals surface area (Å²) in [5.41, 5.74) is 1.01. The molecule has 1 amide bonds. The fraction of sp³-hybridized carbons (Fsp3) is 0.263. The first kappa shape index (κ1) is 16.9. The number of nitrogens with one attached hydrogen (secondary N) is 1. The minimum Gasteiger partial charge on any atom is -0.350 e. The Kier molecular flexibility index (Phi) is 5.63. The number of hydrogen-bond acceptors (Lipinski definition) is 2. The highest BCUT2D eigenvalue weighted by Gasteiger charge is 2.19. The van der Waals surface area contributed by atoms with Gasteiger partial charge >= 0.3 is 0 Å². The SMILES string of the molecule is CCC[C@H](C)NC(=O)c1ccccc1C(=O)c1ccc(F)cc1. The van der Waals surface area contributed by atoms with Crippen LogP contribution in [0, 0.1) is 5.82 Å². The summed E-state index contributed by atoms with van der Waals surface area (Å²) in [6.45, 7) is 3.99. The molecule has 3 nitrogen and oxygen atoms in total. The molecular weight excluding hydrogens is 293 g/mol. The standard InChI is InChI=1S/C19H20FNO2/c1-3-6-13(2)21-19(23)17-8-5-4-7-16(17)18(22)14-9-11-15(20)12-10-14/h4-5,7-13H,3,6H2,1-2H3,(H,21,23)/t13-/m0/s1. The van der Waals surface area contributed by atoms with Crippen LogP contribution in [0.5, 0.6) is 0 Å². The molecule has 0 unspecified atom stereocenters. The van der Waals surface area contributed by atoms with Crippen molar-refractivity contribution < 1.29 is 14.0 Å². The summed E-state index contributed by atoms with van der Waals surface area (Å²) < 4.78 is 13.0. The number of halogens is 1. The van der Waals surface area contributed by atoms with Crippen LogP contribution in [-0.4, -0.2) is 17.7 Å². The summed E-state index contributed by atoms with van der Waals surface area (Å²) in [7, 11) is 0. The van der Waals surface area contributed by atoms with Gasteiger partial charge in [0.25, 0.3) is 5.91 Å². The van der Waals surface area contributed by atoms with Gasteiger partial charge in [-0.1, -0.05) is 31.5 Å². The van der Waals surface area contributed by atoms with Crippen LogP contribution < -0.4 is 5.32 Å². The van der Waals surface area contributed by atoms with Crippen LogP contribution in [0.4, 0.5) is 4.39 Å². The van der Waals surface area contributed by atoms with Crippen molar-refractivity contribution >= 4 is 11.7 Å². The van der Waals surface area contributed by atoms with Crippen molar-refractivity contribution in [3.63, 3.8) is 0 Å². The summed E-state index contributed by atoms with van der Waals surface area (Å²) >= 11 is 0. The smallest absolute Gasteiger partial charge is 0.252 e. The summed E-state index contributed by atoms with van der Waals surface area (Å²) in [6.07, 6.45) is 1.84. The van der Waals surface area contributed by atoms with Crippen molar-refractivity contribution in [2.24, 2.45) is 0 Å². The predicted octanol–water partition coefficient (Wildman–Crippen LogP) is 3.98. The van der Waals surface area contributed by atoms with Gasteiger partial charge in [-0.3, -0.25) is 9.59 Å². The molecule has 0 saturated heterocycles. The molecule has 0 fully saturated rings. The van der Waals surface area contributed by atoms with Crippen molar-refractivity contribution in [3.8, 4) is 0 Å². The van der Waals surface area contributed by atoms with Crippen molar-refractivity contribution in [2.45, 2.75) is 32.7 Å². The Morgan fingerprint density at radius 2 is 1.65 bits per heavy atom. The third-order valence-electron chi connectivity index (χ3n) is 3.62. The lowest BCUT2D eigenvalue weighted by Crippen LogP contribution is -2.33. The van der Waals surface area contributed by atoms with E-state index in [1.54, 1.807) is 24.3 Å². The molecule has 1 N–H and O–H groups in total. The number of carbonyl (C=O) groups excluding carboxylic acids is 2. The molecule has 0 saturated carbocycles. The van der Waals surface area contributed by atoms with Gasteiger partial charge in [0.15, 0.2) is 5.78 Å². The highest BCUT2D eigenvalue weighted by atomic mass is 19.1. The van der Waals surface area contributed by atoms with Gasteiger partial charge in [-0.15, -0.1) is 0 Å². The number of rotatable bonds is 6. The second kappa shape index (κ2) is 7.68. The van der Waals surface area contributed by atoms with E-state index in [4.69, 9.17) is 0 Å². The third kappa shape index (κ3) is 4.25. The molecule has 2 aromatic carbocycles. The van der Waals surface area contributed by atoms with Gasteiger partial charge in [0.2, 0.25) is 0 Å². The zero-order valence-corrected chi connectivity index (χ0v) is 13.3. The lowest BCUT2D eigenvalue weighted by Gasteiger charge is -2.14. The molecule has 0 bridgehead atoms. The van der Waals surface area contributed by atoms with Gasteiger partial charge in [-0.05, 0) is 43.7 Å². The van der Waals surface area contributed by atoms with Crippen LogP contribution in [0.25, 0.3) is 0 Å². The van der Waals surface area contributed by atoms with E-state index in [0.29, 0.717) is 16.7 Å². The van der Waals surface area contributed by atoms with Crippen LogP contribution in [0.3, 0.4) is 0 Å². The normalized spacial score (nSPS) is 11.8. The lowest BCUT2D eigenvalue weighted by atomic mass is 9.97. The van der Waals surface area contributed by atoms with Crippen LogP contribution in [0.15, 0.2) is 48.5 Å². The first-order valence-corrected chi connectivity index (χ1v) is 7.73. The molecule has 23 heavy (non-hydrogen) atoms. The Labute approximate surface area is 135 Å². The first-order valence-electron chi connectivity index (χ1n) is 7.73. The van der Waals surface area contributed by atoms with Gasteiger partial charge in [0.1, 0.15) is 5.82 Å². The minimum absolute atomic E-state index is 0.0430. The molecule has 0 aliphatic heterocycles. The second-order valence-electron chi connectivity index (χ2n) is 5.54. The van der Waals surface area contributed by atoms with E-state index in [9.17, 15) is 14.0 Å². The van der Waals surface area contributed by atoms with Gasteiger partial charge in [0.05, 0.1) is 5.56 Å². The molecule has 0 radical (unpaired) electrons. The van der Waals surface area contributed by atoms with E-state index in [2.05, 4.69) is 12.2 Å². The monoisotopic (exact) mass is 313 g/mol. The molecular formula is C19H20FNO2. The molecule has 120 valence electrons. The average Bonchev–Trinajstić information content (AvgIpc) is 2.55. The molecule has 0 aliphatic carbocycles. The molecule has 0 spiro atoms. The van der Waals surface area contributed by atoms with E-state index in [-0.39, 0.29) is 17.7 Å². The van der Waals surface area contributed by atoms with E-state index >= 15 is 0 Å². The maximum absolute atomic E-state index is 13.0. The van der Waals surface area contributed by atoms with Crippen LogP contribution in [0.2, 0.25) is 0 Å². The van der Waals surface area contributed by atoms with Crippen LogP contribution >= 0.6 is 0 Å². The zero-order chi connectivity index (χ0) is 16.8. The summed E-state index contributed by atoms with van der Waals surface area (Å²) in [6, 6.07) is 12.0. The Morgan fingerprint density at radius 1 is 1.04 bits per heavy atom. The summed E-state index contributed by atoms with van der Waals surface area (Å²) in [5, 5.41) is 2.90. The molecule has 4 heteroatoms. The fourth-order valence-electron chi connectivity index (χ4n) is 2.44. The second-order valence-corrected chi connectivity index (χ2v) is 5.54. The highest BCUT2D eigenvalue weighted by molar-refractivity contribution is 6.15. The van der Waals surface area contributed by atoms with E-state index in [1.807, 2.05) is 6.92 Å². The quantitative estimate of drug-likeness (QED) is 0.820. The van der Waals surface area contributed by atoms with Gasteiger partial charge in [0, 0.05) is 17.2 Å². The van der Waals surface area contributed by atoms with Gasteiger partial charge < -0.3 is 5.32 Å². The first-order chi connectivity index (χ1) is 11.0. The topological polar surface area (TPSA) is 46.2 Å². The molecule has 0 heterocycles. The summed E-state index contributed by atoms with van der Waals surface area (Å²) in [5.74, 6) is -0.961. The summed E-state index contributed by atoms with van der Waals surface area (Å²) in [4.78, 5) is 25.0. The van der Waals surface area contributed by atoms with Gasteiger partial charge in [-0.25, -0.2) is 4.39 Å². The predicted molar refractivity (Wildman–Crippen MR) is 88.1 cm³/mol. The Balaban J connectivity index is 2.28.